The Bertz CT molecular complexity index is 627. The summed E-state index contributed by atoms with van der Waals surface area (Å²) >= 11 is 0. The predicted octanol–water partition coefficient (Wildman–Crippen LogP) is 3.08. The quantitative estimate of drug-likeness (QED) is 0.166. The summed E-state index contributed by atoms with van der Waals surface area (Å²) in [6.45, 7) is 9.35. The number of unbranched alkanes of at least 4 members (excludes halogenated alkanes) is 2. The second kappa shape index (κ2) is 15.3. The van der Waals surface area contributed by atoms with Gasteiger partial charge in [-0.3, -0.25) is 9.59 Å². The van der Waals surface area contributed by atoms with E-state index in [0.717, 1.165) is 12.2 Å². The molecule has 1 heterocycles. The Kier molecular flexibility index (Phi) is 13.1. The van der Waals surface area contributed by atoms with E-state index >= 15 is 0 Å². The average molecular weight is 439 g/mol. The topological polar surface area (TPSA) is 105 Å². The molecule has 1 aliphatic rings. The summed E-state index contributed by atoms with van der Waals surface area (Å²) in [4.78, 5) is 46.5. The second-order valence-electron chi connectivity index (χ2n) is 7.57. The van der Waals surface area contributed by atoms with Crippen molar-refractivity contribution in [3.05, 3.63) is 25.3 Å². The van der Waals surface area contributed by atoms with Crippen LogP contribution in [0.4, 0.5) is 0 Å². The maximum Gasteiger partial charge on any atom is 0.330 e. The number of rotatable bonds is 15. The van der Waals surface area contributed by atoms with Crippen molar-refractivity contribution in [3.8, 4) is 0 Å². The van der Waals surface area contributed by atoms with E-state index in [2.05, 4.69) is 13.2 Å². The van der Waals surface area contributed by atoms with Gasteiger partial charge in [0.15, 0.2) is 0 Å². The molecule has 8 heteroatoms. The van der Waals surface area contributed by atoms with Crippen LogP contribution in [-0.4, -0.2) is 55.7 Å². The number of ether oxygens (including phenoxy) is 4. The molecule has 3 atom stereocenters. The lowest BCUT2D eigenvalue weighted by molar-refractivity contribution is -0.166. The van der Waals surface area contributed by atoms with Gasteiger partial charge in [0, 0.05) is 37.3 Å². The van der Waals surface area contributed by atoms with E-state index in [4.69, 9.17) is 18.9 Å². The molecule has 0 amide bonds. The van der Waals surface area contributed by atoms with Crippen LogP contribution in [0.1, 0.15) is 58.3 Å². The standard InChI is InChI=1S/C23H34O8/c1-4-21(25)28-12-8-6-10-19(24)15-18-14-17(3)30-16-20(18)31-23(27)11-7-9-13-29-22(26)5-2/h4-5,17-18,20H,1-2,6-16H2,3H3/t17?,18-,20-/m1/s1. The van der Waals surface area contributed by atoms with Crippen LogP contribution in [0.5, 0.6) is 0 Å². The molecule has 1 rings (SSSR count). The lowest BCUT2D eigenvalue weighted by atomic mass is 9.87. The normalized spacial score (nSPS) is 20.4. The molecule has 1 fully saturated rings. The first-order valence-electron chi connectivity index (χ1n) is 10.8. The minimum atomic E-state index is -0.485. The van der Waals surface area contributed by atoms with Gasteiger partial charge in [-0.25, -0.2) is 9.59 Å². The van der Waals surface area contributed by atoms with Gasteiger partial charge in [0.25, 0.3) is 0 Å². The molecule has 0 radical (unpaired) electrons. The van der Waals surface area contributed by atoms with Crippen molar-refractivity contribution >= 4 is 23.7 Å². The number of ketones is 1. The fourth-order valence-corrected chi connectivity index (χ4v) is 3.27. The third-order valence-electron chi connectivity index (χ3n) is 4.93. The van der Waals surface area contributed by atoms with Crippen LogP contribution in [0, 0.1) is 5.92 Å². The summed E-state index contributed by atoms with van der Waals surface area (Å²) in [6, 6.07) is 0. The summed E-state index contributed by atoms with van der Waals surface area (Å²) in [7, 11) is 0. The minimum absolute atomic E-state index is 0.00520. The van der Waals surface area contributed by atoms with E-state index in [0.29, 0.717) is 44.9 Å². The zero-order valence-electron chi connectivity index (χ0n) is 18.3. The van der Waals surface area contributed by atoms with E-state index in [1.54, 1.807) is 0 Å². The molecule has 0 aromatic rings. The van der Waals surface area contributed by atoms with Crippen molar-refractivity contribution in [3.63, 3.8) is 0 Å². The van der Waals surface area contributed by atoms with E-state index in [1.807, 2.05) is 6.92 Å². The molecule has 174 valence electrons. The molecule has 0 N–H and O–H groups in total. The summed E-state index contributed by atoms with van der Waals surface area (Å²) in [5.41, 5.74) is 0. The summed E-state index contributed by atoms with van der Waals surface area (Å²) in [6.07, 6.45) is 5.67. The van der Waals surface area contributed by atoms with Gasteiger partial charge >= 0.3 is 17.9 Å². The molecule has 0 aliphatic carbocycles. The summed E-state index contributed by atoms with van der Waals surface area (Å²) < 4.78 is 21.0. The molecule has 0 saturated carbocycles. The Balaban J connectivity index is 2.33. The van der Waals surface area contributed by atoms with Crippen molar-refractivity contribution in [1.82, 2.24) is 0 Å². The largest absolute Gasteiger partial charge is 0.463 e. The van der Waals surface area contributed by atoms with Gasteiger partial charge in [0.2, 0.25) is 0 Å². The van der Waals surface area contributed by atoms with Gasteiger partial charge in [0.05, 0.1) is 25.9 Å². The smallest absolute Gasteiger partial charge is 0.330 e. The van der Waals surface area contributed by atoms with Gasteiger partial charge < -0.3 is 18.9 Å². The molecular weight excluding hydrogens is 404 g/mol. The SMILES string of the molecule is C=CC(=O)OCCCCC(=O)C[C@H]1CC(C)OC[C@H]1OC(=O)CCCCOC(=O)C=C. The Hall–Kier alpha value is -2.48. The fourth-order valence-electron chi connectivity index (χ4n) is 3.27. The number of Topliss-reactive ketones (excluding diaryl/α,β-unsaturated/α-hetero) is 1. The summed E-state index contributed by atoms with van der Waals surface area (Å²) in [5, 5.41) is 0. The van der Waals surface area contributed by atoms with Crippen molar-refractivity contribution < 1.29 is 38.1 Å². The molecule has 8 nitrogen and oxygen atoms in total. The first kappa shape index (κ1) is 26.6. The van der Waals surface area contributed by atoms with Gasteiger partial charge in [0.1, 0.15) is 11.9 Å². The van der Waals surface area contributed by atoms with Crippen LogP contribution in [0.3, 0.4) is 0 Å². The lowest BCUT2D eigenvalue weighted by Gasteiger charge is -2.34. The summed E-state index contributed by atoms with van der Waals surface area (Å²) in [5.74, 6) is -1.28. The Morgan fingerprint density at radius 2 is 1.52 bits per heavy atom. The van der Waals surface area contributed by atoms with Gasteiger partial charge in [-0.2, -0.15) is 0 Å². The first-order valence-corrected chi connectivity index (χ1v) is 10.8. The van der Waals surface area contributed by atoms with Gasteiger partial charge in [-0.1, -0.05) is 13.2 Å². The highest BCUT2D eigenvalue weighted by Gasteiger charge is 2.33. The molecule has 1 saturated heterocycles. The van der Waals surface area contributed by atoms with Crippen LogP contribution >= 0.6 is 0 Å². The van der Waals surface area contributed by atoms with E-state index < -0.39 is 18.0 Å². The van der Waals surface area contributed by atoms with E-state index in [1.165, 1.54) is 0 Å². The molecule has 0 spiro atoms. The third kappa shape index (κ3) is 12.1. The molecule has 0 aromatic heterocycles. The van der Waals surface area contributed by atoms with Crippen LogP contribution in [0.15, 0.2) is 25.3 Å². The average Bonchev–Trinajstić information content (AvgIpc) is 2.74. The maximum atomic E-state index is 12.4. The van der Waals surface area contributed by atoms with E-state index in [-0.39, 0.29) is 50.0 Å². The van der Waals surface area contributed by atoms with Crippen LogP contribution < -0.4 is 0 Å². The highest BCUT2D eigenvalue weighted by atomic mass is 16.6. The van der Waals surface area contributed by atoms with Crippen molar-refractivity contribution in [2.75, 3.05) is 19.8 Å². The second-order valence-corrected chi connectivity index (χ2v) is 7.57. The molecule has 1 aliphatic heterocycles. The monoisotopic (exact) mass is 438 g/mol. The Morgan fingerprint density at radius 1 is 0.935 bits per heavy atom. The van der Waals surface area contributed by atoms with Crippen molar-refractivity contribution in [2.24, 2.45) is 5.92 Å². The van der Waals surface area contributed by atoms with Crippen molar-refractivity contribution in [2.45, 2.75) is 70.5 Å². The third-order valence-corrected chi connectivity index (χ3v) is 4.93. The maximum absolute atomic E-state index is 12.4. The number of hydrogen-bond acceptors (Lipinski definition) is 8. The van der Waals surface area contributed by atoms with Crippen LogP contribution in [0.25, 0.3) is 0 Å². The molecule has 31 heavy (non-hydrogen) atoms. The zero-order chi connectivity index (χ0) is 23.1. The molecule has 0 bridgehead atoms. The molecule has 0 aromatic carbocycles. The highest BCUT2D eigenvalue weighted by molar-refractivity contribution is 5.81. The van der Waals surface area contributed by atoms with E-state index in [9.17, 15) is 19.2 Å². The van der Waals surface area contributed by atoms with Crippen LogP contribution in [-0.2, 0) is 38.1 Å². The fraction of sp³-hybridized carbons (Fsp3) is 0.652. The first-order chi connectivity index (χ1) is 14.8. The predicted molar refractivity (Wildman–Crippen MR) is 113 cm³/mol. The lowest BCUT2D eigenvalue weighted by Crippen LogP contribution is -2.40. The number of esters is 3. The highest BCUT2D eigenvalue weighted by Crippen LogP contribution is 2.27. The van der Waals surface area contributed by atoms with Gasteiger partial charge in [-0.15, -0.1) is 0 Å². The molecular formula is C23H34O8. The Morgan fingerprint density at radius 3 is 2.10 bits per heavy atom. The number of hydrogen-bond donors (Lipinski definition) is 0. The van der Waals surface area contributed by atoms with Gasteiger partial charge in [-0.05, 0) is 39.0 Å². The minimum Gasteiger partial charge on any atom is -0.463 e. The zero-order valence-corrected chi connectivity index (χ0v) is 18.3. The number of carbonyl (C=O) groups is 4. The Labute approximate surface area is 183 Å². The number of carbonyl (C=O) groups excluding carboxylic acids is 4. The van der Waals surface area contributed by atoms with Crippen molar-refractivity contribution in [1.29, 1.82) is 0 Å². The van der Waals surface area contributed by atoms with Crippen LogP contribution in [0.2, 0.25) is 0 Å². The molecule has 1 unspecified atom stereocenters.